The van der Waals surface area contributed by atoms with Gasteiger partial charge in [0.05, 0.1) is 7.11 Å². The number of rotatable bonds is 6. The van der Waals surface area contributed by atoms with E-state index in [0.717, 1.165) is 29.4 Å². The summed E-state index contributed by atoms with van der Waals surface area (Å²) in [5.74, 6) is 5.03. The van der Waals surface area contributed by atoms with Crippen LogP contribution in [0.25, 0.3) is 0 Å². The van der Waals surface area contributed by atoms with E-state index in [1.807, 2.05) is 0 Å². The number of benzene rings is 1. The standard InChI is InChI=1S/C23H36O/c1-3-4-18-5-11-21(12-6-18)22-13-7-19(8-14-22)17-20-9-15-23(24-2)16-10-20/h9-10,15-16,18-19,21-22H,3-8,11-14,17H2,1-2H3. The van der Waals surface area contributed by atoms with Gasteiger partial charge in [-0.05, 0) is 86.3 Å². The van der Waals surface area contributed by atoms with Crippen LogP contribution in [0.4, 0.5) is 0 Å². The lowest BCUT2D eigenvalue weighted by Gasteiger charge is -2.38. The van der Waals surface area contributed by atoms with Gasteiger partial charge in [0.25, 0.3) is 0 Å². The van der Waals surface area contributed by atoms with Gasteiger partial charge in [-0.25, -0.2) is 0 Å². The molecule has 2 aliphatic rings. The van der Waals surface area contributed by atoms with Crippen LogP contribution in [0.3, 0.4) is 0 Å². The van der Waals surface area contributed by atoms with Crippen LogP contribution in [0.1, 0.15) is 76.7 Å². The molecule has 1 heteroatoms. The summed E-state index contributed by atoms with van der Waals surface area (Å²) >= 11 is 0. The highest BCUT2D eigenvalue weighted by atomic mass is 16.5. The number of methoxy groups -OCH3 is 1. The Hall–Kier alpha value is -0.980. The lowest BCUT2D eigenvalue weighted by Crippen LogP contribution is -2.26. The number of ether oxygens (including phenoxy) is 1. The highest BCUT2D eigenvalue weighted by molar-refractivity contribution is 5.27. The average molecular weight is 329 g/mol. The van der Waals surface area contributed by atoms with Gasteiger partial charge in [-0.1, -0.05) is 44.7 Å². The fraction of sp³-hybridized carbons (Fsp3) is 0.739. The highest BCUT2D eigenvalue weighted by Gasteiger charge is 2.30. The maximum Gasteiger partial charge on any atom is 0.118 e. The van der Waals surface area contributed by atoms with Crippen LogP contribution in [0, 0.1) is 23.7 Å². The topological polar surface area (TPSA) is 9.23 Å². The van der Waals surface area contributed by atoms with Crippen molar-refractivity contribution in [2.45, 2.75) is 77.6 Å². The van der Waals surface area contributed by atoms with E-state index in [0.29, 0.717) is 0 Å². The maximum atomic E-state index is 5.26. The first-order chi connectivity index (χ1) is 11.8. The van der Waals surface area contributed by atoms with Crippen LogP contribution in [0.15, 0.2) is 24.3 Å². The second kappa shape index (κ2) is 8.92. The number of hydrogen-bond donors (Lipinski definition) is 0. The Balaban J connectivity index is 1.41. The third-order valence-electron chi connectivity index (χ3n) is 6.83. The fourth-order valence-corrected chi connectivity index (χ4v) is 5.32. The zero-order valence-electron chi connectivity index (χ0n) is 15.8. The molecule has 0 radical (unpaired) electrons. The normalized spacial score (nSPS) is 30.9. The van der Waals surface area contributed by atoms with E-state index in [1.165, 1.54) is 76.2 Å². The van der Waals surface area contributed by atoms with Crippen molar-refractivity contribution in [3.63, 3.8) is 0 Å². The molecule has 0 spiro atoms. The molecule has 2 saturated carbocycles. The molecule has 1 nitrogen and oxygen atoms in total. The Kier molecular flexibility index (Phi) is 6.63. The Morgan fingerprint density at radius 3 is 1.83 bits per heavy atom. The van der Waals surface area contributed by atoms with E-state index in [-0.39, 0.29) is 0 Å². The first-order valence-corrected chi connectivity index (χ1v) is 10.4. The van der Waals surface area contributed by atoms with Crippen LogP contribution in [-0.4, -0.2) is 7.11 Å². The van der Waals surface area contributed by atoms with Crippen molar-refractivity contribution in [3.05, 3.63) is 29.8 Å². The summed E-state index contributed by atoms with van der Waals surface area (Å²) in [4.78, 5) is 0. The lowest BCUT2D eigenvalue weighted by atomic mass is 9.68. The molecule has 134 valence electrons. The van der Waals surface area contributed by atoms with Crippen molar-refractivity contribution in [3.8, 4) is 5.75 Å². The SMILES string of the molecule is CCCC1CCC(C2CCC(Cc3ccc(OC)cc3)CC2)CC1. The minimum atomic E-state index is 0.908. The van der Waals surface area contributed by atoms with Gasteiger partial charge >= 0.3 is 0 Å². The van der Waals surface area contributed by atoms with E-state index in [4.69, 9.17) is 4.74 Å². The van der Waals surface area contributed by atoms with Gasteiger partial charge in [-0.3, -0.25) is 0 Å². The Morgan fingerprint density at radius 1 is 0.792 bits per heavy atom. The molecule has 3 rings (SSSR count). The molecule has 0 heterocycles. The van der Waals surface area contributed by atoms with Gasteiger partial charge in [0.1, 0.15) is 5.75 Å². The van der Waals surface area contributed by atoms with Crippen LogP contribution >= 0.6 is 0 Å². The highest BCUT2D eigenvalue weighted by Crippen LogP contribution is 2.42. The third kappa shape index (κ3) is 4.77. The molecule has 0 aromatic heterocycles. The molecule has 1 aromatic rings. The summed E-state index contributed by atoms with van der Waals surface area (Å²) in [6.45, 7) is 2.34. The van der Waals surface area contributed by atoms with Crippen LogP contribution in [-0.2, 0) is 6.42 Å². The molecule has 2 fully saturated rings. The minimum absolute atomic E-state index is 0.908. The molecule has 0 bridgehead atoms. The van der Waals surface area contributed by atoms with E-state index in [9.17, 15) is 0 Å². The second-order valence-electron chi connectivity index (χ2n) is 8.40. The quantitative estimate of drug-likeness (QED) is 0.568. The summed E-state index contributed by atoms with van der Waals surface area (Å²) in [6, 6.07) is 8.71. The lowest BCUT2D eigenvalue weighted by molar-refractivity contribution is 0.143. The third-order valence-corrected chi connectivity index (χ3v) is 6.83. The van der Waals surface area contributed by atoms with Gasteiger partial charge in [0.15, 0.2) is 0 Å². The van der Waals surface area contributed by atoms with Gasteiger partial charge in [0, 0.05) is 0 Å². The summed E-state index contributed by atoms with van der Waals surface area (Å²) in [6.07, 6.45) is 16.1. The van der Waals surface area contributed by atoms with Gasteiger partial charge in [-0.2, -0.15) is 0 Å². The summed E-state index contributed by atoms with van der Waals surface area (Å²) < 4.78 is 5.26. The monoisotopic (exact) mass is 328 g/mol. The van der Waals surface area contributed by atoms with Gasteiger partial charge in [-0.15, -0.1) is 0 Å². The predicted octanol–water partition coefficient (Wildman–Crippen LogP) is 6.65. The zero-order valence-corrected chi connectivity index (χ0v) is 15.8. The van der Waals surface area contributed by atoms with Crippen molar-refractivity contribution in [1.82, 2.24) is 0 Å². The average Bonchev–Trinajstić information content (AvgIpc) is 2.64. The molecule has 0 aliphatic heterocycles. The number of hydrogen-bond acceptors (Lipinski definition) is 1. The second-order valence-corrected chi connectivity index (χ2v) is 8.40. The Morgan fingerprint density at radius 2 is 1.33 bits per heavy atom. The van der Waals surface area contributed by atoms with E-state index >= 15 is 0 Å². The van der Waals surface area contributed by atoms with Crippen molar-refractivity contribution >= 4 is 0 Å². The first-order valence-electron chi connectivity index (χ1n) is 10.4. The molecule has 0 atom stereocenters. The summed E-state index contributed by atoms with van der Waals surface area (Å²) in [7, 11) is 1.74. The van der Waals surface area contributed by atoms with E-state index < -0.39 is 0 Å². The molecule has 0 unspecified atom stereocenters. The molecule has 0 amide bonds. The molecular formula is C23H36O. The molecular weight excluding hydrogens is 292 g/mol. The smallest absolute Gasteiger partial charge is 0.118 e. The molecule has 2 aliphatic carbocycles. The predicted molar refractivity (Wildman–Crippen MR) is 103 cm³/mol. The van der Waals surface area contributed by atoms with Crippen molar-refractivity contribution in [2.24, 2.45) is 23.7 Å². The summed E-state index contributed by atoms with van der Waals surface area (Å²) in [5.41, 5.74) is 1.49. The van der Waals surface area contributed by atoms with E-state index in [2.05, 4.69) is 31.2 Å². The van der Waals surface area contributed by atoms with Crippen molar-refractivity contribution < 1.29 is 4.74 Å². The van der Waals surface area contributed by atoms with Crippen LogP contribution in [0.2, 0.25) is 0 Å². The minimum Gasteiger partial charge on any atom is -0.497 e. The van der Waals surface area contributed by atoms with Gasteiger partial charge < -0.3 is 4.74 Å². The molecule has 0 N–H and O–H groups in total. The fourth-order valence-electron chi connectivity index (χ4n) is 5.32. The Labute approximate surface area is 149 Å². The van der Waals surface area contributed by atoms with Crippen LogP contribution < -0.4 is 4.74 Å². The molecule has 1 aromatic carbocycles. The first kappa shape index (κ1) is 17.8. The van der Waals surface area contributed by atoms with Crippen molar-refractivity contribution in [2.75, 3.05) is 7.11 Å². The molecule has 0 saturated heterocycles. The van der Waals surface area contributed by atoms with Crippen molar-refractivity contribution in [1.29, 1.82) is 0 Å². The largest absolute Gasteiger partial charge is 0.497 e. The maximum absolute atomic E-state index is 5.26. The zero-order chi connectivity index (χ0) is 16.8. The van der Waals surface area contributed by atoms with Crippen LogP contribution in [0.5, 0.6) is 5.75 Å². The summed E-state index contributed by atoms with van der Waals surface area (Å²) in [5, 5.41) is 0. The Bertz CT molecular complexity index is 461. The van der Waals surface area contributed by atoms with E-state index in [1.54, 1.807) is 7.11 Å². The molecule has 24 heavy (non-hydrogen) atoms. The van der Waals surface area contributed by atoms with Gasteiger partial charge in [0.2, 0.25) is 0 Å².